The zero-order chi connectivity index (χ0) is 13.9. The summed E-state index contributed by atoms with van der Waals surface area (Å²) >= 11 is 0. The first-order valence-electron chi connectivity index (χ1n) is 6.99. The Morgan fingerprint density at radius 3 is 2.60 bits per heavy atom. The van der Waals surface area contributed by atoms with Crippen molar-refractivity contribution in [3.05, 3.63) is 53.7 Å². The minimum atomic E-state index is -0.194. The molecule has 0 unspecified atom stereocenters. The van der Waals surface area contributed by atoms with Crippen LogP contribution in [0.3, 0.4) is 0 Å². The van der Waals surface area contributed by atoms with Gasteiger partial charge in [0.05, 0.1) is 0 Å². The van der Waals surface area contributed by atoms with Crippen molar-refractivity contribution in [1.29, 1.82) is 0 Å². The van der Waals surface area contributed by atoms with Crippen LogP contribution in [0.2, 0.25) is 0 Å². The minimum absolute atomic E-state index is 0.194. The standard InChI is InChI=1S/C16H18FN3/c1-12-8-16(19-11-18-12)20(9-13-2-3-13)10-14-4-6-15(17)7-5-14/h4-8,11,13H,2-3,9-10H2,1H3. The molecule has 0 N–H and O–H groups in total. The lowest BCUT2D eigenvalue weighted by molar-refractivity contribution is 0.626. The number of aromatic nitrogens is 2. The highest BCUT2D eigenvalue weighted by atomic mass is 19.1. The molecule has 0 radical (unpaired) electrons. The lowest BCUT2D eigenvalue weighted by Gasteiger charge is -2.24. The van der Waals surface area contributed by atoms with Gasteiger partial charge in [-0.15, -0.1) is 0 Å². The maximum absolute atomic E-state index is 13.0. The summed E-state index contributed by atoms with van der Waals surface area (Å²) in [4.78, 5) is 10.8. The van der Waals surface area contributed by atoms with E-state index in [1.54, 1.807) is 6.33 Å². The molecule has 1 aliphatic rings. The van der Waals surface area contributed by atoms with Crippen LogP contribution in [0.25, 0.3) is 0 Å². The van der Waals surface area contributed by atoms with E-state index in [4.69, 9.17) is 0 Å². The van der Waals surface area contributed by atoms with Gasteiger partial charge in [-0.2, -0.15) is 0 Å². The Morgan fingerprint density at radius 1 is 1.20 bits per heavy atom. The summed E-state index contributed by atoms with van der Waals surface area (Å²) in [6, 6.07) is 8.70. The van der Waals surface area contributed by atoms with Crippen LogP contribution < -0.4 is 4.90 Å². The third-order valence-electron chi connectivity index (χ3n) is 3.58. The van der Waals surface area contributed by atoms with Gasteiger partial charge in [0, 0.05) is 24.8 Å². The Morgan fingerprint density at radius 2 is 1.95 bits per heavy atom. The van der Waals surface area contributed by atoms with Gasteiger partial charge < -0.3 is 4.90 Å². The largest absolute Gasteiger partial charge is 0.352 e. The first kappa shape index (κ1) is 13.0. The maximum atomic E-state index is 13.0. The maximum Gasteiger partial charge on any atom is 0.132 e. The SMILES string of the molecule is Cc1cc(N(Cc2ccc(F)cc2)CC2CC2)ncn1. The van der Waals surface area contributed by atoms with Crippen LogP contribution in [0.4, 0.5) is 10.2 Å². The normalized spacial score (nSPS) is 14.3. The van der Waals surface area contributed by atoms with Crippen LogP contribution in [-0.4, -0.2) is 16.5 Å². The summed E-state index contributed by atoms with van der Waals surface area (Å²) in [5.41, 5.74) is 2.07. The Bertz CT molecular complexity index is 579. The van der Waals surface area contributed by atoms with Crippen LogP contribution in [0.5, 0.6) is 0 Å². The van der Waals surface area contributed by atoms with Gasteiger partial charge in [0.1, 0.15) is 18.0 Å². The van der Waals surface area contributed by atoms with E-state index in [0.717, 1.165) is 36.1 Å². The third kappa shape index (κ3) is 3.32. The minimum Gasteiger partial charge on any atom is -0.352 e. The van der Waals surface area contributed by atoms with E-state index in [2.05, 4.69) is 14.9 Å². The highest BCUT2D eigenvalue weighted by Crippen LogP contribution is 2.31. The van der Waals surface area contributed by atoms with Gasteiger partial charge in [0.15, 0.2) is 0 Å². The second kappa shape index (κ2) is 5.57. The smallest absolute Gasteiger partial charge is 0.132 e. The molecule has 0 amide bonds. The zero-order valence-electron chi connectivity index (χ0n) is 11.6. The van der Waals surface area contributed by atoms with E-state index in [-0.39, 0.29) is 5.82 Å². The number of nitrogens with zero attached hydrogens (tertiary/aromatic N) is 3. The van der Waals surface area contributed by atoms with E-state index in [1.807, 2.05) is 25.1 Å². The number of halogens is 1. The van der Waals surface area contributed by atoms with Gasteiger partial charge >= 0.3 is 0 Å². The van der Waals surface area contributed by atoms with Crippen molar-refractivity contribution in [3.8, 4) is 0 Å². The monoisotopic (exact) mass is 271 g/mol. The van der Waals surface area contributed by atoms with E-state index < -0.39 is 0 Å². The van der Waals surface area contributed by atoms with E-state index in [9.17, 15) is 4.39 Å². The molecule has 0 spiro atoms. The number of aryl methyl sites for hydroxylation is 1. The summed E-state index contributed by atoms with van der Waals surface area (Å²) < 4.78 is 13.0. The molecule has 2 aromatic rings. The molecule has 3 nitrogen and oxygen atoms in total. The van der Waals surface area contributed by atoms with Gasteiger partial charge in [-0.05, 0) is 43.4 Å². The predicted molar refractivity (Wildman–Crippen MR) is 76.9 cm³/mol. The fraction of sp³-hybridized carbons (Fsp3) is 0.375. The molecule has 1 aromatic carbocycles. The summed E-state index contributed by atoms with van der Waals surface area (Å²) in [7, 11) is 0. The molecule has 1 aliphatic carbocycles. The predicted octanol–water partition coefficient (Wildman–Crippen LogP) is 3.34. The van der Waals surface area contributed by atoms with E-state index >= 15 is 0 Å². The molecule has 3 rings (SSSR count). The van der Waals surface area contributed by atoms with Gasteiger partial charge in [0.2, 0.25) is 0 Å². The molecule has 20 heavy (non-hydrogen) atoms. The van der Waals surface area contributed by atoms with Crippen molar-refractivity contribution in [3.63, 3.8) is 0 Å². The highest BCUT2D eigenvalue weighted by molar-refractivity contribution is 5.40. The molecule has 0 bridgehead atoms. The van der Waals surface area contributed by atoms with Crippen molar-refractivity contribution in [1.82, 2.24) is 9.97 Å². The quantitative estimate of drug-likeness (QED) is 0.835. The van der Waals surface area contributed by atoms with Gasteiger partial charge in [0.25, 0.3) is 0 Å². The Labute approximate surface area is 118 Å². The molecule has 0 saturated heterocycles. The summed E-state index contributed by atoms with van der Waals surface area (Å²) in [5, 5.41) is 0. The molecular weight excluding hydrogens is 253 g/mol. The average molecular weight is 271 g/mol. The lowest BCUT2D eigenvalue weighted by Crippen LogP contribution is -2.26. The Balaban J connectivity index is 1.80. The van der Waals surface area contributed by atoms with Crippen LogP contribution >= 0.6 is 0 Å². The first-order valence-corrected chi connectivity index (χ1v) is 6.99. The second-order valence-corrected chi connectivity index (χ2v) is 5.47. The van der Waals surface area contributed by atoms with Gasteiger partial charge in [-0.3, -0.25) is 0 Å². The molecule has 1 saturated carbocycles. The second-order valence-electron chi connectivity index (χ2n) is 5.47. The summed E-state index contributed by atoms with van der Waals surface area (Å²) in [6.45, 7) is 3.74. The number of benzene rings is 1. The first-order chi connectivity index (χ1) is 9.70. The van der Waals surface area contributed by atoms with Crippen molar-refractivity contribution in [2.75, 3.05) is 11.4 Å². The highest BCUT2D eigenvalue weighted by Gasteiger charge is 2.25. The summed E-state index contributed by atoms with van der Waals surface area (Å²) in [5.74, 6) is 1.53. The Kier molecular flexibility index (Phi) is 3.63. The number of hydrogen-bond acceptors (Lipinski definition) is 3. The Hall–Kier alpha value is -1.97. The molecule has 1 heterocycles. The van der Waals surface area contributed by atoms with E-state index in [1.165, 1.54) is 25.0 Å². The van der Waals surface area contributed by atoms with Crippen molar-refractivity contribution >= 4 is 5.82 Å². The van der Waals surface area contributed by atoms with Crippen molar-refractivity contribution in [2.24, 2.45) is 5.92 Å². The van der Waals surface area contributed by atoms with Crippen molar-refractivity contribution < 1.29 is 4.39 Å². The van der Waals surface area contributed by atoms with Crippen LogP contribution in [0.1, 0.15) is 24.1 Å². The average Bonchev–Trinajstić information content (AvgIpc) is 3.24. The number of hydrogen-bond donors (Lipinski definition) is 0. The van der Waals surface area contributed by atoms with Gasteiger partial charge in [-0.25, -0.2) is 14.4 Å². The molecule has 4 heteroatoms. The fourth-order valence-corrected chi connectivity index (χ4v) is 2.27. The third-order valence-corrected chi connectivity index (χ3v) is 3.58. The van der Waals surface area contributed by atoms with Crippen LogP contribution in [-0.2, 0) is 6.54 Å². The molecule has 0 atom stereocenters. The number of anilines is 1. The zero-order valence-corrected chi connectivity index (χ0v) is 11.6. The molecular formula is C16H18FN3. The van der Waals surface area contributed by atoms with Crippen LogP contribution in [0, 0.1) is 18.7 Å². The molecule has 1 fully saturated rings. The van der Waals surface area contributed by atoms with Crippen molar-refractivity contribution in [2.45, 2.75) is 26.3 Å². The topological polar surface area (TPSA) is 29.0 Å². The van der Waals surface area contributed by atoms with Crippen LogP contribution in [0.15, 0.2) is 36.7 Å². The molecule has 1 aromatic heterocycles. The lowest BCUT2D eigenvalue weighted by atomic mass is 10.2. The molecule has 0 aliphatic heterocycles. The summed E-state index contributed by atoms with van der Waals surface area (Å²) in [6.07, 6.45) is 4.20. The fourth-order valence-electron chi connectivity index (χ4n) is 2.27. The van der Waals surface area contributed by atoms with E-state index in [0.29, 0.717) is 0 Å². The molecule has 104 valence electrons. The van der Waals surface area contributed by atoms with Gasteiger partial charge in [-0.1, -0.05) is 12.1 Å². The number of rotatable bonds is 5.